The van der Waals surface area contributed by atoms with Gasteiger partial charge in [0.25, 0.3) is 0 Å². The Hall–Kier alpha value is -0.0500. The van der Waals surface area contributed by atoms with Gasteiger partial charge >= 0.3 is 0 Å². The maximum atomic E-state index is 9.10. The van der Waals surface area contributed by atoms with Crippen molar-refractivity contribution >= 4 is 27.5 Å². The van der Waals surface area contributed by atoms with Crippen LogP contribution in [0.15, 0.2) is 22.7 Å². The van der Waals surface area contributed by atoms with Crippen LogP contribution in [-0.4, -0.2) is 11.2 Å². The fourth-order valence-corrected chi connectivity index (χ4v) is 1.61. The summed E-state index contributed by atoms with van der Waals surface area (Å²) in [6, 6.07) is 5.84. The van der Waals surface area contributed by atoms with Gasteiger partial charge in [-0.25, -0.2) is 0 Å². The second kappa shape index (κ2) is 4.99. The van der Waals surface area contributed by atoms with Crippen LogP contribution >= 0.6 is 27.5 Å². The van der Waals surface area contributed by atoms with Crippen molar-refractivity contribution in [3.8, 4) is 0 Å². The summed E-state index contributed by atoms with van der Waals surface area (Å²) < 4.78 is 0.914. The molecular weight excluding hydrogens is 251 g/mol. The monoisotopic (exact) mass is 262 g/mol. The normalized spacial score (nSPS) is 12.9. The molecule has 1 atom stereocenters. The molecule has 1 aromatic carbocycles. The average Bonchev–Trinajstić information content (AvgIpc) is 2.07. The zero-order chi connectivity index (χ0) is 9.84. The molecule has 0 saturated carbocycles. The lowest BCUT2D eigenvalue weighted by Crippen LogP contribution is -2.01. The molecule has 0 amide bonds. The van der Waals surface area contributed by atoms with Gasteiger partial charge in [0.05, 0.1) is 11.1 Å². The minimum Gasteiger partial charge on any atom is -0.393 e. The molecule has 0 fully saturated rings. The maximum Gasteiger partial charge on any atom is 0.0548 e. The minimum atomic E-state index is -0.241. The van der Waals surface area contributed by atoms with Crippen LogP contribution in [0.4, 0.5) is 0 Å². The highest BCUT2D eigenvalue weighted by Crippen LogP contribution is 2.23. The second-order valence-electron chi connectivity index (χ2n) is 3.14. The third-order valence-corrected chi connectivity index (χ3v) is 3.05. The number of rotatable bonds is 3. The molecule has 0 radical (unpaired) electrons. The highest BCUT2D eigenvalue weighted by atomic mass is 79.9. The van der Waals surface area contributed by atoms with E-state index in [4.69, 9.17) is 16.7 Å². The van der Waals surface area contributed by atoms with Gasteiger partial charge in [-0.1, -0.05) is 17.7 Å². The highest BCUT2D eigenvalue weighted by Gasteiger charge is 2.01. The van der Waals surface area contributed by atoms with Gasteiger partial charge in [-0.2, -0.15) is 0 Å². The van der Waals surface area contributed by atoms with E-state index in [1.54, 1.807) is 6.92 Å². The smallest absolute Gasteiger partial charge is 0.0548 e. The quantitative estimate of drug-likeness (QED) is 0.886. The zero-order valence-corrected chi connectivity index (χ0v) is 9.77. The van der Waals surface area contributed by atoms with E-state index in [-0.39, 0.29) is 6.10 Å². The molecule has 0 saturated heterocycles. The molecule has 0 aliphatic rings. The summed E-state index contributed by atoms with van der Waals surface area (Å²) in [5, 5.41) is 9.82. The van der Waals surface area contributed by atoms with Crippen LogP contribution in [0.3, 0.4) is 0 Å². The van der Waals surface area contributed by atoms with Crippen LogP contribution in [0.2, 0.25) is 5.02 Å². The lowest BCUT2D eigenvalue weighted by atomic mass is 10.1. The Bertz CT molecular complexity index is 286. The van der Waals surface area contributed by atoms with Crippen LogP contribution in [0.25, 0.3) is 0 Å². The van der Waals surface area contributed by atoms with E-state index in [9.17, 15) is 0 Å². The zero-order valence-electron chi connectivity index (χ0n) is 7.43. The number of benzene rings is 1. The van der Waals surface area contributed by atoms with Gasteiger partial charge in [0, 0.05) is 4.47 Å². The van der Waals surface area contributed by atoms with Crippen molar-refractivity contribution in [1.29, 1.82) is 0 Å². The van der Waals surface area contributed by atoms with Crippen LogP contribution < -0.4 is 0 Å². The Morgan fingerprint density at radius 2 is 2.23 bits per heavy atom. The Labute approximate surface area is 91.9 Å². The van der Waals surface area contributed by atoms with E-state index in [1.165, 1.54) is 5.56 Å². The van der Waals surface area contributed by atoms with E-state index in [1.807, 2.05) is 18.2 Å². The molecule has 1 unspecified atom stereocenters. The summed E-state index contributed by atoms with van der Waals surface area (Å²) in [6.45, 7) is 1.80. The third-order valence-electron chi connectivity index (χ3n) is 1.83. The van der Waals surface area contributed by atoms with Gasteiger partial charge in [0.1, 0.15) is 0 Å². The summed E-state index contributed by atoms with van der Waals surface area (Å²) in [4.78, 5) is 0. The molecule has 0 aliphatic heterocycles. The van der Waals surface area contributed by atoms with Gasteiger partial charge in [0.2, 0.25) is 0 Å². The molecule has 1 nitrogen and oxygen atoms in total. The lowest BCUT2D eigenvalue weighted by molar-refractivity contribution is 0.185. The van der Waals surface area contributed by atoms with Crippen LogP contribution in [0.1, 0.15) is 18.9 Å². The van der Waals surface area contributed by atoms with Crippen molar-refractivity contribution in [2.24, 2.45) is 0 Å². The number of aliphatic hydroxyl groups excluding tert-OH is 1. The minimum absolute atomic E-state index is 0.241. The molecule has 0 heterocycles. The number of aryl methyl sites for hydroxylation is 1. The summed E-state index contributed by atoms with van der Waals surface area (Å²) in [5.74, 6) is 0. The fraction of sp³-hybridized carbons (Fsp3) is 0.400. The number of halogens is 2. The Morgan fingerprint density at radius 3 is 2.77 bits per heavy atom. The maximum absolute atomic E-state index is 9.10. The SMILES string of the molecule is CC(O)CCc1ccc(Cl)c(Br)c1. The van der Waals surface area contributed by atoms with Crippen molar-refractivity contribution < 1.29 is 5.11 Å². The third kappa shape index (κ3) is 3.67. The first-order valence-corrected chi connectivity index (χ1v) is 5.38. The summed E-state index contributed by atoms with van der Waals surface area (Å²) in [5.41, 5.74) is 1.19. The molecule has 0 bridgehead atoms. The highest BCUT2D eigenvalue weighted by molar-refractivity contribution is 9.10. The Morgan fingerprint density at radius 1 is 1.54 bits per heavy atom. The van der Waals surface area contributed by atoms with E-state index in [0.717, 1.165) is 22.3 Å². The number of hydrogen-bond donors (Lipinski definition) is 1. The average molecular weight is 264 g/mol. The predicted octanol–water partition coefficient (Wildman–Crippen LogP) is 3.42. The molecule has 1 rings (SSSR count). The van der Waals surface area contributed by atoms with Crippen molar-refractivity contribution in [2.75, 3.05) is 0 Å². The van der Waals surface area contributed by atoms with Crippen LogP contribution in [0, 0.1) is 0 Å². The first kappa shape index (κ1) is 11.0. The molecule has 1 N–H and O–H groups in total. The molecule has 72 valence electrons. The van der Waals surface area contributed by atoms with E-state index in [0.29, 0.717) is 0 Å². The van der Waals surface area contributed by atoms with Gasteiger partial charge in [0.15, 0.2) is 0 Å². The predicted molar refractivity (Wildman–Crippen MR) is 59.2 cm³/mol. The van der Waals surface area contributed by atoms with Crippen molar-refractivity contribution in [3.05, 3.63) is 33.3 Å². The lowest BCUT2D eigenvalue weighted by Gasteiger charge is -2.05. The van der Waals surface area contributed by atoms with Crippen molar-refractivity contribution in [3.63, 3.8) is 0 Å². The van der Waals surface area contributed by atoms with Gasteiger partial charge in [-0.05, 0) is 53.4 Å². The largest absolute Gasteiger partial charge is 0.393 e. The van der Waals surface area contributed by atoms with Gasteiger partial charge < -0.3 is 5.11 Å². The topological polar surface area (TPSA) is 20.2 Å². The van der Waals surface area contributed by atoms with Crippen LogP contribution in [-0.2, 0) is 6.42 Å². The van der Waals surface area contributed by atoms with Crippen molar-refractivity contribution in [1.82, 2.24) is 0 Å². The summed E-state index contributed by atoms with van der Waals surface area (Å²) in [6.07, 6.45) is 1.43. The molecule has 13 heavy (non-hydrogen) atoms. The molecule has 1 aromatic rings. The van der Waals surface area contributed by atoms with Gasteiger partial charge in [-0.15, -0.1) is 0 Å². The molecule has 0 aromatic heterocycles. The Balaban J connectivity index is 2.63. The summed E-state index contributed by atoms with van der Waals surface area (Å²) >= 11 is 9.21. The van der Waals surface area contributed by atoms with E-state index in [2.05, 4.69) is 15.9 Å². The molecule has 0 spiro atoms. The number of aliphatic hydroxyl groups is 1. The van der Waals surface area contributed by atoms with Crippen molar-refractivity contribution in [2.45, 2.75) is 25.9 Å². The summed E-state index contributed by atoms with van der Waals surface area (Å²) in [7, 11) is 0. The standard InChI is InChI=1S/C10H12BrClO/c1-7(13)2-3-8-4-5-10(12)9(11)6-8/h4-7,13H,2-3H2,1H3. The van der Waals surface area contributed by atoms with E-state index < -0.39 is 0 Å². The number of hydrogen-bond acceptors (Lipinski definition) is 1. The molecular formula is C10H12BrClO. The van der Waals surface area contributed by atoms with Crippen LogP contribution in [0.5, 0.6) is 0 Å². The second-order valence-corrected chi connectivity index (χ2v) is 4.40. The van der Waals surface area contributed by atoms with Gasteiger partial charge in [-0.3, -0.25) is 0 Å². The first-order chi connectivity index (χ1) is 6.09. The van der Waals surface area contributed by atoms with E-state index >= 15 is 0 Å². The Kier molecular flexibility index (Phi) is 4.23. The molecule has 3 heteroatoms. The molecule has 0 aliphatic carbocycles. The first-order valence-electron chi connectivity index (χ1n) is 4.21. The fourth-order valence-electron chi connectivity index (χ4n) is 1.07.